The molecule has 252 valence electrons. The smallest absolute Gasteiger partial charge is 0.320 e. The van der Waals surface area contributed by atoms with Crippen molar-refractivity contribution in [3.05, 3.63) is 35.9 Å². The molecule has 3 atom stereocenters. The third-order valence-corrected chi connectivity index (χ3v) is 11.6. The van der Waals surface area contributed by atoms with Gasteiger partial charge in [0.15, 0.2) is 0 Å². The summed E-state index contributed by atoms with van der Waals surface area (Å²) in [5, 5.41) is 3.30. The second-order valence-electron chi connectivity index (χ2n) is 15.1. The molecule has 1 aliphatic carbocycles. The molecule has 0 radical (unpaired) electrons. The molecule has 5 fully saturated rings. The van der Waals surface area contributed by atoms with Gasteiger partial charge in [0.05, 0.1) is 11.6 Å². The van der Waals surface area contributed by atoms with Gasteiger partial charge in [0.2, 0.25) is 11.8 Å². The Hall–Kier alpha value is -1.97. The van der Waals surface area contributed by atoms with E-state index in [1.54, 1.807) is 0 Å². The maximum absolute atomic E-state index is 13.9. The van der Waals surface area contributed by atoms with Gasteiger partial charge in [-0.25, -0.2) is 13.6 Å². The number of hydrogen-bond donors (Lipinski definition) is 1. The highest BCUT2D eigenvalue weighted by Gasteiger charge is 2.58. The summed E-state index contributed by atoms with van der Waals surface area (Å²) >= 11 is 0. The Balaban J connectivity index is 0.00000400. The van der Waals surface area contributed by atoms with Gasteiger partial charge in [-0.3, -0.25) is 9.69 Å². The number of fused-ring (bicyclic) bond motifs is 2. The average molecular weight is 651 g/mol. The van der Waals surface area contributed by atoms with E-state index in [0.717, 1.165) is 83.4 Å². The standard InChI is InChI=1S/C35H52F2N4O3.ClH/c1-25(2)41-32(43)39(23-26-12-19-44-20-13-26)24-34(41)21-28-9-10-29(22-34)40(28)18-11-30(27-7-5-4-6-8-27)38-31(42)33(3)14-16-35(36,37)17-15-33;/h4-8,25-26,28-30H,9-24H2,1-3H3,(H,38,42);1H/t28?,29?,30-,34?;/m0./s1. The van der Waals surface area contributed by atoms with Crippen LogP contribution >= 0.6 is 12.4 Å². The quantitative estimate of drug-likeness (QED) is 0.319. The first-order valence-electron chi connectivity index (χ1n) is 17.1. The van der Waals surface area contributed by atoms with Crippen LogP contribution in [0.15, 0.2) is 30.3 Å². The largest absolute Gasteiger partial charge is 0.381 e. The van der Waals surface area contributed by atoms with Crippen molar-refractivity contribution in [3.63, 3.8) is 0 Å². The van der Waals surface area contributed by atoms with Crippen molar-refractivity contribution in [2.75, 3.05) is 32.8 Å². The molecule has 1 aromatic carbocycles. The summed E-state index contributed by atoms with van der Waals surface area (Å²) in [5.74, 6) is -2.25. The van der Waals surface area contributed by atoms with Gasteiger partial charge in [-0.15, -0.1) is 12.4 Å². The maximum atomic E-state index is 13.9. The minimum absolute atomic E-state index is 0. The minimum atomic E-state index is -2.67. The molecule has 2 bridgehead atoms. The van der Waals surface area contributed by atoms with Gasteiger partial charge in [0.25, 0.3) is 0 Å². The molecule has 4 aliphatic heterocycles. The number of rotatable bonds is 9. The van der Waals surface area contributed by atoms with E-state index in [1.807, 2.05) is 25.1 Å². The molecule has 1 aromatic rings. The highest BCUT2D eigenvalue weighted by atomic mass is 35.5. The van der Waals surface area contributed by atoms with Crippen molar-refractivity contribution < 1.29 is 23.1 Å². The van der Waals surface area contributed by atoms with Crippen LogP contribution in [-0.4, -0.2) is 89.1 Å². The van der Waals surface area contributed by atoms with Crippen molar-refractivity contribution >= 4 is 24.3 Å². The Bertz CT molecular complexity index is 1160. The number of urea groups is 1. The molecule has 0 aromatic heterocycles. The van der Waals surface area contributed by atoms with Gasteiger partial charge in [0, 0.05) is 69.2 Å². The molecular formula is C35H53ClF2N4O3. The van der Waals surface area contributed by atoms with Gasteiger partial charge < -0.3 is 19.9 Å². The Morgan fingerprint density at radius 3 is 2.22 bits per heavy atom. The number of halogens is 3. The van der Waals surface area contributed by atoms with Gasteiger partial charge in [0.1, 0.15) is 0 Å². The molecule has 1 N–H and O–H groups in total. The maximum Gasteiger partial charge on any atom is 0.320 e. The normalized spacial score (nSPS) is 30.5. The first-order chi connectivity index (χ1) is 21.0. The summed E-state index contributed by atoms with van der Waals surface area (Å²) in [6, 6.07) is 11.1. The summed E-state index contributed by atoms with van der Waals surface area (Å²) in [4.78, 5) is 34.4. The van der Waals surface area contributed by atoms with Gasteiger partial charge in [-0.2, -0.15) is 0 Å². The summed E-state index contributed by atoms with van der Waals surface area (Å²) in [6.45, 7) is 10.3. The molecule has 3 amide bonds. The lowest BCUT2D eigenvalue weighted by Crippen LogP contribution is -2.60. The fraction of sp³-hybridized carbons (Fsp3) is 0.771. The molecule has 45 heavy (non-hydrogen) atoms. The first kappa shape index (κ1) is 34.4. The monoisotopic (exact) mass is 650 g/mol. The second-order valence-corrected chi connectivity index (χ2v) is 15.1. The third kappa shape index (κ3) is 7.15. The highest BCUT2D eigenvalue weighted by molar-refractivity contribution is 5.85. The first-order valence-corrected chi connectivity index (χ1v) is 17.1. The van der Waals surface area contributed by atoms with E-state index in [0.29, 0.717) is 18.0 Å². The highest BCUT2D eigenvalue weighted by Crippen LogP contribution is 2.48. The van der Waals surface area contributed by atoms with Crippen molar-refractivity contribution in [1.29, 1.82) is 0 Å². The number of piperidine rings is 1. The van der Waals surface area contributed by atoms with E-state index >= 15 is 0 Å². The van der Waals surface area contributed by atoms with Gasteiger partial charge in [-0.05, 0) is 83.1 Å². The fourth-order valence-electron chi connectivity index (χ4n) is 9.12. The number of nitrogens with zero attached hydrogens (tertiary/aromatic N) is 3. The fourth-order valence-corrected chi connectivity index (χ4v) is 9.12. The van der Waals surface area contributed by atoms with Crippen molar-refractivity contribution in [2.45, 2.75) is 127 Å². The minimum Gasteiger partial charge on any atom is -0.381 e. The molecule has 4 saturated heterocycles. The molecule has 10 heteroatoms. The SMILES string of the molecule is CC(C)N1C(=O)N(CC2CCOCC2)CC12CC1CCC(C2)N1CC[C@H](NC(=O)C1(C)CCC(F)(F)CC1)c1ccccc1.Cl. The van der Waals surface area contributed by atoms with E-state index in [9.17, 15) is 18.4 Å². The van der Waals surface area contributed by atoms with Crippen LogP contribution in [0.1, 0.15) is 103 Å². The number of amides is 3. The van der Waals surface area contributed by atoms with E-state index < -0.39 is 11.3 Å². The van der Waals surface area contributed by atoms with Crippen molar-refractivity contribution in [2.24, 2.45) is 11.3 Å². The van der Waals surface area contributed by atoms with E-state index in [2.05, 4.69) is 46.0 Å². The van der Waals surface area contributed by atoms with Gasteiger partial charge in [-0.1, -0.05) is 37.3 Å². The van der Waals surface area contributed by atoms with Crippen LogP contribution in [-0.2, 0) is 9.53 Å². The Morgan fingerprint density at radius 2 is 1.62 bits per heavy atom. The number of carbonyl (C=O) groups excluding carboxylic acids is 2. The molecule has 5 aliphatic rings. The lowest BCUT2D eigenvalue weighted by atomic mass is 9.73. The van der Waals surface area contributed by atoms with Crippen molar-refractivity contribution in [1.82, 2.24) is 20.0 Å². The Morgan fingerprint density at radius 1 is 1.00 bits per heavy atom. The molecule has 7 nitrogen and oxygen atoms in total. The Labute approximate surface area is 274 Å². The van der Waals surface area contributed by atoms with E-state index in [-0.39, 0.29) is 67.7 Å². The zero-order chi connectivity index (χ0) is 31.1. The van der Waals surface area contributed by atoms with Crippen LogP contribution in [0.4, 0.5) is 13.6 Å². The Kier molecular flexibility index (Phi) is 10.4. The number of carbonyl (C=O) groups is 2. The van der Waals surface area contributed by atoms with Crippen LogP contribution < -0.4 is 5.32 Å². The molecule has 1 saturated carbocycles. The summed E-state index contributed by atoms with van der Waals surface area (Å²) < 4.78 is 33.4. The topological polar surface area (TPSA) is 65.1 Å². The average Bonchev–Trinajstić information content (AvgIpc) is 3.41. The summed E-state index contributed by atoms with van der Waals surface area (Å²) in [7, 11) is 0. The number of nitrogens with one attached hydrogen (secondary N) is 1. The number of hydrogen-bond acceptors (Lipinski definition) is 4. The molecular weight excluding hydrogens is 598 g/mol. The van der Waals surface area contributed by atoms with Crippen LogP contribution in [0, 0.1) is 11.3 Å². The number of benzene rings is 1. The third-order valence-electron chi connectivity index (χ3n) is 11.6. The predicted molar refractivity (Wildman–Crippen MR) is 174 cm³/mol. The van der Waals surface area contributed by atoms with Crippen LogP contribution in [0.25, 0.3) is 0 Å². The zero-order valence-electron chi connectivity index (χ0n) is 27.3. The molecule has 2 unspecified atom stereocenters. The zero-order valence-corrected chi connectivity index (χ0v) is 28.1. The second kappa shape index (κ2) is 13.6. The lowest BCUT2D eigenvalue weighted by Gasteiger charge is -2.49. The number of ether oxygens (including phenoxy) is 1. The lowest BCUT2D eigenvalue weighted by molar-refractivity contribution is -0.138. The summed E-state index contributed by atoms with van der Waals surface area (Å²) in [5.41, 5.74) is 0.170. The molecule has 4 heterocycles. The van der Waals surface area contributed by atoms with E-state index in [4.69, 9.17) is 4.74 Å². The van der Waals surface area contributed by atoms with Crippen LogP contribution in [0.2, 0.25) is 0 Å². The van der Waals surface area contributed by atoms with Crippen molar-refractivity contribution in [3.8, 4) is 0 Å². The van der Waals surface area contributed by atoms with Crippen LogP contribution in [0.3, 0.4) is 0 Å². The molecule has 1 spiro atoms. The number of alkyl halides is 2. The summed E-state index contributed by atoms with van der Waals surface area (Å²) in [6.07, 6.45) is 7.06. The van der Waals surface area contributed by atoms with E-state index in [1.165, 1.54) is 0 Å². The molecule has 6 rings (SSSR count). The van der Waals surface area contributed by atoms with Gasteiger partial charge >= 0.3 is 6.03 Å². The van der Waals surface area contributed by atoms with Crippen LogP contribution in [0.5, 0.6) is 0 Å². The predicted octanol–water partition coefficient (Wildman–Crippen LogP) is 6.81.